The van der Waals surface area contributed by atoms with Gasteiger partial charge in [-0.15, -0.1) is 0 Å². The number of nitrogens with zero attached hydrogens (tertiary/aromatic N) is 1. The third-order valence-corrected chi connectivity index (χ3v) is 4.59. The highest BCUT2D eigenvalue weighted by Gasteiger charge is 2.16. The van der Waals surface area contributed by atoms with Crippen molar-refractivity contribution in [3.8, 4) is 11.3 Å². The zero-order valence-corrected chi connectivity index (χ0v) is 12.5. The Kier molecular flexibility index (Phi) is 3.61. The third kappa shape index (κ3) is 2.50. The van der Waals surface area contributed by atoms with Crippen LogP contribution in [-0.4, -0.2) is 21.3 Å². The van der Waals surface area contributed by atoms with Crippen molar-refractivity contribution in [1.82, 2.24) is 10.2 Å². The maximum atomic E-state index is 10.6. The van der Waals surface area contributed by atoms with Crippen molar-refractivity contribution < 1.29 is 9.90 Å². The second-order valence-electron chi connectivity index (χ2n) is 5.10. The summed E-state index contributed by atoms with van der Waals surface area (Å²) >= 11 is 3.53. The number of carbonyl (C=O) groups is 1. The molecular weight excluding hydrogens is 320 g/mol. The van der Waals surface area contributed by atoms with E-state index in [1.165, 1.54) is 24.0 Å². The maximum Gasteiger partial charge on any atom is 0.303 e. The molecule has 2 N–H and O–H groups in total. The molecule has 1 heterocycles. The normalized spacial score (nSPS) is 13.4. The largest absolute Gasteiger partial charge is 0.481 e. The van der Waals surface area contributed by atoms with E-state index in [-0.39, 0.29) is 6.42 Å². The van der Waals surface area contributed by atoms with Crippen LogP contribution < -0.4 is 0 Å². The first-order valence-corrected chi connectivity index (χ1v) is 7.51. The van der Waals surface area contributed by atoms with Gasteiger partial charge in [-0.3, -0.25) is 9.89 Å². The van der Waals surface area contributed by atoms with Crippen molar-refractivity contribution in [3.63, 3.8) is 0 Å². The Morgan fingerprint density at radius 2 is 2.15 bits per heavy atom. The summed E-state index contributed by atoms with van der Waals surface area (Å²) in [5.74, 6) is -0.800. The molecule has 0 aliphatic heterocycles. The van der Waals surface area contributed by atoms with Crippen molar-refractivity contribution in [1.29, 1.82) is 0 Å². The van der Waals surface area contributed by atoms with E-state index in [1.807, 2.05) is 0 Å². The molecule has 0 amide bonds. The monoisotopic (exact) mass is 334 g/mol. The van der Waals surface area contributed by atoms with Crippen LogP contribution in [0.4, 0.5) is 0 Å². The molecule has 2 aromatic rings. The Morgan fingerprint density at radius 3 is 2.95 bits per heavy atom. The Hall–Kier alpha value is -1.62. The summed E-state index contributed by atoms with van der Waals surface area (Å²) in [5, 5.41) is 16.0. The molecule has 1 aliphatic rings. The summed E-state index contributed by atoms with van der Waals surface area (Å²) in [6.45, 7) is 0. The smallest absolute Gasteiger partial charge is 0.303 e. The summed E-state index contributed by atoms with van der Waals surface area (Å²) in [6.07, 6.45) is 4.08. The second-order valence-corrected chi connectivity index (χ2v) is 5.89. The molecule has 1 aliphatic carbocycles. The number of fused-ring (bicyclic) bond motifs is 1. The first kappa shape index (κ1) is 13.4. The molecule has 0 saturated carbocycles. The third-order valence-electron chi connectivity index (χ3n) is 3.74. The minimum absolute atomic E-state index is 0.102. The lowest BCUT2D eigenvalue weighted by Crippen LogP contribution is -1.98. The average molecular weight is 335 g/mol. The van der Waals surface area contributed by atoms with E-state index >= 15 is 0 Å². The molecule has 0 saturated heterocycles. The highest BCUT2D eigenvalue weighted by Crippen LogP contribution is 2.32. The van der Waals surface area contributed by atoms with Gasteiger partial charge >= 0.3 is 5.97 Å². The van der Waals surface area contributed by atoms with Crippen LogP contribution in [0.5, 0.6) is 0 Å². The Labute approximate surface area is 125 Å². The summed E-state index contributed by atoms with van der Waals surface area (Å²) in [6, 6.07) is 6.46. The number of halogens is 1. The van der Waals surface area contributed by atoms with Crippen molar-refractivity contribution in [3.05, 3.63) is 39.5 Å². The van der Waals surface area contributed by atoms with Crippen molar-refractivity contribution >= 4 is 21.9 Å². The van der Waals surface area contributed by atoms with Gasteiger partial charge in [0.2, 0.25) is 0 Å². The van der Waals surface area contributed by atoms with E-state index in [2.05, 4.69) is 44.3 Å². The highest BCUT2D eigenvalue weighted by molar-refractivity contribution is 9.10. The maximum absolute atomic E-state index is 10.6. The number of aryl methyl sites for hydroxylation is 3. The van der Waals surface area contributed by atoms with Crippen molar-refractivity contribution in [2.24, 2.45) is 0 Å². The van der Waals surface area contributed by atoms with Crippen LogP contribution in [0.15, 0.2) is 22.7 Å². The highest BCUT2D eigenvalue weighted by atomic mass is 79.9. The fraction of sp³-hybridized carbons (Fsp3) is 0.333. The molecular formula is C15H15BrN2O2. The lowest BCUT2D eigenvalue weighted by molar-refractivity contribution is -0.136. The summed E-state index contributed by atoms with van der Waals surface area (Å²) in [4.78, 5) is 10.6. The number of carboxylic acids is 1. The molecule has 0 fully saturated rings. The number of benzene rings is 1. The predicted molar refractivity (Wildman–Crippen MR) is 79.7 cm³/mol. The first-order chi connectivity index (χ1) is 9.65. The van der Waals surface area contributed by atoms with Crippen molar-refractivity contribution in [2.75, 3.05) is 0 Å². The fourth-order valence-electron chi connectivity index (χ4n) is 2.67. The zero-order valence-electron chi connectivity index (χ0n) is 10.9. The predicted octanol–water partition coefficient (Wildman–Crippen LogP) is 3.35. The number of hydrogen-bond acceptors (Lipinski definition) is 2. The molecule has 0 radical (unpaired) electrons. The lowest BCUT2D eigenvalue weighted by Gasteiger charge is -2.03. The van der Waals surface area contributed by atoms with Gasteiger partial charge in [-0.1, -0.05) is 12.1 Å². The van der Waals surface area contributed by atoms with Crippen LogP contribution >= 0.6 is 15.9 Å². The number of hydrogen-bond donors (Lipinski definition) is 2. The van der Waals surface area contributed by atoms with Crippen LogP contribution in [0.1, 0.15) is 29.7 Å². The summed E-state index contributed by atoms with van der Waals surface area (Å²) in [5.41, 5.74) is 5.62. The molecule has 20 heavy (non-hydrogen) atoms. The van der Waals surface area contributed by atoms with E-state index in [0.29, 0.717) is 6.42 Å². The molecule has 5 heteroatoms. The molecule has 1 aromatic carbocycles. The fourth-order valence-corrected chi connectivity index (χ4v) is 3.28. The van der Waals surface area contributed by atoms with Gasteiger partial charge in [0.05, 0.1) is 16.6 Å². The zero-order chi connectivity index (χ0) is 14.1. The van der Waals surface area contributed by atoms with Gasteiger partial charge in [0.15, 0.2) is 0 Å². The van der Waals surface area contributed by atoms with Crippen molar-refractivity contribution in [2.45, 2.75) is 32.1 Å². The number of aromatic amines is 1. The molecule has 1 aromatic heterocycles. The van der Waals surface area contributed by atoms with Gasteiger partial charge in [0, 0.05) is 12.0 Å². The Balaban J connectivity index is 1.89. The van der Waals surface area contributed by atoms with Crippen LogP contribution in [0.25, 0.3) is 11.3 Å². The second kappa shape index (κ2) is 5.40. The van der Waals surface area contributed by atoms with E-state index in [9.17, 15) is 4.79 Å². The number of aromatic nitrogens is 2. The van der Waals surface area contributed by atoms with Crippen LogP contribution in [0.3, 0.4) is 0 Å². The first-order valence-electron chi connectivity index (χ1n) is 6.72. The SMILES string of the molecule is O=C(O)CCc1[nH]nc(-c2ccc3c(c2)CCC3)c1Br. The number of carboxylic acid groups (broad SMARTS) is 1. The van der Waals surface area contributed by atoms with Crippen LogP contribution in [0, 0.1) is 0 Å². The van der Waals surface area contributed by atoms with Gasteiger partial charge in [-0.2, -0.15) is 5.10 Å². The van der Waals surface area contributed by atoms with Gasteiger partial charge in [-0.25, -0.2) is 0 Å². The molecule has 0 unspecified atom stereocenters. The topological polar surface area (TPSA) is 66.0 Å². The molecule has 0 bridgehead atoms. The quantitative estimate of drug-likeness (QED) is 0.901. The molecule has 4 nitrogen and oxygen atoms in total. The van der Waals surface area contributed by atoms with E-state index in [4.69, 9.17) is 5.11 Å². The van der Waals surface area contributed by atoms with Crippen LogP contribution in [-0.2, 0) is 24.1 Å². The molecule has 0 spiro atoms. The summed E-state index contributed by atoms with van der Waals surface area (Å²) in [7, 11) is 0. The standard InChI is InChI=1S/C15H15BrN2O2/c16-14-12(6-7-13(19)20)17-18-15(14)11-5-4-9-2-1-3-10(9)8-11/h4-5,8H,1-3,6-7H2,(H,17,18)(H,19,20). The van der Waals surface area contributed by atoms with E-state index in [0.717, 1.165) is 27.8 Å². The van der Waals surface area contributed by atoms with Gasteiger partial charge in [0.25, 0.3) is 0 Å². The van der Waals surface area contributed by atoms with E-state index < -0.39 is 5.97 Å². The molecule has 0 atom stereocenters. The van der Waals surface area contributed by atoms with Gasteiger partial charge in [0.1, 0.15) is 5.69 Å². The summed E-state index contributed by atoms with van der Waals surface area (Å²) < 4.78 is 0.872. The number of aliphatic carboxylic acids is 1. The average Bonchev–Trinajstić information content (AvgIpc) is 3.02. The van der Waals surface area contributed by atoms with Gasteiger partial charge in [-0.05, 0) is 52.4 Å². The number of nitrogens with one attached hydrogen (secondary N) is 1. The molecule has 3 rings (SSSR count). The number of H-pyrrole nitrogens is 1. The number of rotatable bonds is 4. The lowest BCUT2D eigenvalue weighted by atomic mass is 10.0. The van der Waals surface area contributed by atoms with Crippen LogP contribution in [0.2, 0.25) is 0 Å². The van der Waals surface area contributed by atoms with Gasteiger partial charge < -0.3 is 5.11 Å². The minimum atomic E-state index is -0.800. The minimum Gasteiger partial charge on any atom is -0.481 e. The van der Waals surface area contributed by atoms with E-state index in [1.54, 1.807) is 0 Å². The molecule has 104 valence electrons. The Morgan fingerprint density at radius 1 is 1.35 bits per heavy atom. The Bertz CT molecular complexity index is 664.